The summed E-state index contributed by atoms with van der Waals surface area (Å²) in [4.78, 5) is 12.7. The minimum Gasteiger partial charge on any atom is -0.480 e. The highest BCUT2D eigenvalue weighted by molar-refractivity contribution is 5.90. The standard InChI is InChI=1S/C21H19NO2/c23-20(24)21(16-8-3-1-4-9-16,17-10-5-2-6-11-17)19-14-13-18-12-7-15-22(18)19/h1-6,8-11,13-14H,7,12,15H2,(H,23,24). The molecule has 24 heavy (non-hydrogen) atoms. The molecule has 3 heteroatoms. The van der Waals surface area contributed by atoms with Crippen molar-refractivity contribution in [2.24, 2.45) is 0 Å². The second-order valence-corrected chi connectivity index (χ2v) is 6.25. The molecule has 0 unspecified atom stereocenters. The van der Waals surface area contributed by atoms with Crippen molar-refractivity contribution < 1.29 is 9.90 Å². The number of hydrogen-bond donors (Lipinski definition) is 1. The van der Waals surface area contributed by atoms with Crippen molar-refractivity contribution in [3.8, 4) is 0 Å². The SMILES string of the molecule is O=C(O)C(c1ccccc1)(c1ccccc1)c1ccc2n1CCC2. The number of hydrogen-bond acceptors (Lipinski definition) is 1. The molecule has 3 nitrogen and oxygen atoms in total. The lowest BCUT2D eigenvalue weighted by Crippen LogP contribution is -2.40. The second-order valence-electron chi connectivity index (χ2n) is 6.25. The van der Waals surface area contributed by atoms with E-state index >= 15 is 0 Å². The van der Waals surface area contributed by atoms with Gasteiger partial charge in [-0.3, -0.25) is 4.79 Å². The van der Waals surface area contributed by atoms with Gasteiger partial charge in [0, 0.05) is 17.9 Å². The van der Waals surface area contributed by atoms with Gasteiger partial charge in [0.1, 0.15) is 0 Å². The second kappa shape index (κ2) is 5.68. The summed E-state index contributed by atoms with van der Waals surface area (Å²) in [7, 11) is 0. The van der Waals surface area contributed by atoms with Crippen LogP contribution in [0.15, 0.2) is 72.8 Å². The molecule has 3 aromatic rings. The predicted molar refractivity (Wildman–Crippen MR) is 93.2 cm³/mol. The zero-order valence-electron chi connectivity index (χ0n) is 13.4. The molecule has 1 aliphatic rings. The summed E-state index contributed by atoms with van der Waals surface area (Å²) in [5.74, 6) is -0.840. The van der Waals surface area contributed by atoms with Crippen LogP contribution in [0.2, 0.25) is 0 Å². The van der Waals surface area contributed by atoms with Gasteiger partial charge in [0.2, 0.25) is 0 Å². The Hall–Kier alpha value is -2.81. The summed E-state index contributed by atoms with van der Waals surface area (Å²) >= 11 is 0. The van der Waals surface area contributed by atoms with Gasteiger partial charge in [-0.2, -0.15) is 0 Å². The molecule has 0 saturated heterocycles. The van der Waals surface area contributed by atoms with E-state index in [4.69, 9.17) is 0 Å². The first kappa shape index (κ1) is 14.8. The summed E-state index contributed by atoms with van der Waals surface area (Å²) in [5, 5.41) is 10.4. The van der Waals surface area contributed by atoms with Crippen LogP contribution in [0, 0.1) is 0 Å². The fraction of sp³-hybridized carbons (Fsp3) is 0.190. The quantitative estimate of drug-likeness (QED) is 0.794. The molecule has 0 atom stereocenters. The van der Waals surface area contributed by atoms with Gasteiger partial charge in [-0.1, -0.05) is 60.7 Å². The molecule has 120 valence electrons. The Morgan fingerprint density at radius 1 is 0.875 bits per heavy atom. The number of carboxylic acids is 1. The molecule has 1 aliphatic heterocycles. The van der Waals surface area contributed by atoms with Gasteiger partial charge in [-0.15, -0.1) is 0 Å². The van der Waals surface area contributed by atoms with E-state index in [1.54, 1.807) is 0 Å². The Morgan fingerprint density at radius 3 is 2.00 bits per heavy atom. The molecule has 1 N–H and O–H groups in total. The topological polar surface area (TPSA) is 42.2 Å². The largest absolute Gasteiger partial charge is 0.480 e. The molecule has 4 rings (SSSR count). The lowest BCUT2D eigenvalue weighted by atomic mass is 9.72. The number of aliphatic carboxylic acids is 1. The maximum atomic E-state index is 12.7. The summed E-state index contributed by atoms with van der Waals surface area (Å²) in [5.41, 5.74) is 2.46. The van der Waals surface area contributed by atoms with Crippen LogP contribution in [0.5, 0.6) is 0 Å². The first-order valence-corrected chi connectivity index (χ1v) is 8.28. The summed E-state index contributed by atoms with van der Waals surface area (Å²) in [6.45, 7) is 0.881. The number of aromatic nitrogens is 1. The highest BCUT2D eigenvalue weighted by Crippen LogP contribution is 2.41. The zero-order valence-corrected chi connectivity index (χ0v) is 13.4. The number of carboxylic acid groups (broad SMARTS) is 1. The molecule has 1 aromatic heterocycles. The molecule has 0 fully saturated rings. The maximum absolute atomic E-state index is 12.7. The Balaban J connectivity index is 2.07. The third-order valence-electron chi connectivity index (χ3n) is 5.00. The maximum Gasteiger partial charge on any atom is 0.324 e. The van der Waals surface area contributed by atoms with Crippen LogP contribution in [0.4, 0.5) is 0 Å². The molecule has 0 bridgehead atoms. The highest BCUT2D eigenvalue weighted by Gasteiger charge is 2.46. The lowest BCUT2D eigenvalue weighted by molar-refractivity contribution is -0.140. The summed E-state index contributed by atoms with van der Waals surface area (Å²) in [6.07, 6.45) is 2.09. The summed E-state index contributed by atoms with van der Waals surface area (Å²) in [6, 6.07) is 23.2. The van der Waals surface area contributed by atoms with Crippen molar-refractivity contribution in [2.75, 3.05) is 0 Å². The first-order valence-electron chi connectivity index (χ1n) is 8.28. The van der Waals surface area contributed by atoms with Crippen LogP contribution >= 0.6 is 0 Å². The third kappa shape index (κ3) is 2.01. The predicted octanol–water partition coefficient (Wildman–Crippen LogP) is 3.85. The van der Waals surface area contributed by atoms with E-state index in [0.717, 1.165) is 36.2 Å². The fourth-order valence-corrected chi connectivity index (χ4v) is 3.93. The molecule has 0 spiro atoms. The van der Waals surface area contributed by atoms with E-state index in [0.29, 0.717) is 0 Å². The van der Waals surface area contributed by atoms with Crippen molar-refractivity contribution in [3.05, 3.63) is 95.3 Å². The number of rotatable bonds is 4. The Labute approximate surface area is 141 Å². The average Bonchev–Trinajstić information content (AvgIpc) is 3.22. The number of carbonyl (C=O) groups is 1. The molecule has 0 amide bonds. The number of nitrogens with zero attached hydrogens (tertiary/aromatic N) is 1. The molecular weight excluding hydrogens is 298 g/mol. The number of aryl methyl sites for hydroxylation is 1. The minimum atomic E-state index is -1.19. The van der Waals surface area contributed by atoms with E-state index in [1.165, 1.54) is 5.69 Å². The monoisotopic (exact) mass is 317 g/mol. The third-order valence-corrected chi connectivity index (χ3v) is 5.00. The van der Waals surface area contributed by atoms with Crippen LogP contribution in [0.1, 0.15) is 28.9 Å². The van der Waals surface area contributed by atoms with Gasteiger partial charge in [0.25, 0.3) is 0 Å². The molecule has 0 aliphatic carbocycles. The Bertz CT molecular complexity index is 826. The van der Waals surface area contributed by atoms with E-state index in [2.05, 4.69) is 10.6 Å². The van der Waals surface area contributed by atoms with Crippen molar-refractivity contribution in [2.45, 2.75) is 24.8 Å². The van der Waals surface area contributed by atoms with E-state index in [1.807, 2.05) is 66.7 Å². The van der Waals surface area contributed by atoms with Crippen LogP contribution in [-0.2, 0) is 23.2 Å². The van der Waals surface area contributed by atoms with E-state index < -0.39 is 11.4 Å². The average molecular weight is 317 g/mol. The van der Waals surface area contributed by atoms with Gasteiger partial charge in [0.05, 0.1) is 0 Å². The number of fused-ring (bicyclic) bond motifs is 1. The van der Waals surface area contributed by atoms with E-state index in [9.17, 15) is 9.90 Å². The van der Waals surface area contributed by atoms with Gasteiger partial charge >= 0.3 is 5.97 Å². The zero-order chi connectivity index (χ0) is 16.6. The van der Waals surface area contributed by atoms with Gasteiger partial charge < -0.3 is 9.67 Å². The Kier molecular flexibility index (Phi) is 3.49. The van der Waals surface area contributed by atoms with Gasteiger partial charge in [0.15, 0.2) is 5.41 Å². The normalized spacial score (nSPS) is 13.7. The smallest absolute Gasteiger partial charge is 0.324 e. The minimum absolute atomic E-state index is 0.788. The molecule has 0 radical (unpaired) electrons. The molecule has 0 saturated carbocycles. The fourth-order valence-electron chi connectivity index (χ4n) is 3.93. The van der Waals surface area contributed by atoms with Crippen LogP contribution in [0.25, 0.3) is 0 Å². The van der Waals surface area contributed by atoms with Gasteiger partial charge in [-0.25, -0.2) is 0 Å². The van der Waals surface area contributed by atoms with Crippen LogP contribution in [-0.4, -0.2) is 15.6 Å². The number of benzene rings is 2. The van der Waals surface area contributed by atoms with Crippen molar-refractivity contribution in [3.63, 3.8) is 0 Å². The van der Waals surface area contributed by atoms with Crippen LogP contribution in [0.3, 0.4) is 0 Å². The molecule has 2 heterocycles. The van der Waals surface area contributed by atoms with Crippen molar-refractivity contribution in [1.29, 1.82) is 0 Å². The van der Waals surface area contributed by atoms with E-state index in [-0.39, 0.29) is 0 Å². The lowest BCUT2D eigenvalue weighted by Gasteiger charge is -2.32. The summed E-state index contributed by atoms with van der Waals surface area (Å²) < 4.78 is 2.19. The first-order chi connectivity index (χ1) is 11.7. The van der Waals surface area contributed by atoms with Crippen molar-refractivity contribution in [1.82, 2.24) is 4.57 Å². The highest BCUT2D eigenvalue weighted by atomic mass is 16.4. The molecule has 2 aromatic carbocycles. The molecular formula is C21H19NO2. The van der Waals surface area contributed by atoms with Crippen molar-refractivity contribution >= 4 is 5.97 Å². The van der Waals surface area contributed by atoms with Gasteiger partial charge in [-0.05, 0) is 36.1 Å². The van der Waals surface area contributed by atoms with Crippen LogP contribution < -0.4 is 0 Å². The Morgan fingerprint density at radius 2 is 1.46 bits per heavy atom.